The Morgan fingerprint density at radius 1 is 1.10 bits per heavy atom. The predicted octanol–water partition coefficient (Wildman–Crippen LogP) is 0.462. The van der Waals surface area contributed by atoms with Crippen LogP contribution in [0.2, 0.25) is 0 Å². The first kappa shape index (κ1) is 23.4. The standard InChI is InChI=1S/C18H21N5O7S/c1-23(2)17(25)16(24)11-6-5-7-12(15(11)19)31(27,28)22-18(26)21-13-8-10(29-3)9-14(20-13)30-4/h5-9H,19H2,1-4H3,(H2,20,21,22,26). The Bertz CT molecular complexity index is 1110. The number of ether oxygens (including phenoxy) is 2. The third-order valence-electron chi connectivity index (χ3n) is 3.89. The van der Waals surface area contributed by atoms with Crippen molar-refractivity contribution in [1.82, 2.24) is 14.6 Å². The number of para-hydroxylation sites is 1. The summed E-state index contributed by atoms with van der Waals surface area (Å²) in [6, 6.07) is 5.18. The van der Waals surface area contributed by atoms with Crippen molar-refractivity contribution in [2.75, 3.05) is 39.4 Å². The van der Waals surface area contributed by atoms with E-state index < -0.39 is 38.3 Å². The van der Waals surface area contributed by atoms with Gasteiger partial charge in [0.25, 0.3) is 21.7 Å². The fourth-order valence-electron chi connectivity index (χ4n) is 2.38. The lowest BCUT2D eigenvalue weighted by Gasteiger charge is -2.14. The van der Waals surface area contributed by atoms with Crippen LogP contribution in [-0.2, 0) is 14.8 Å². The van der Waals surface area contributed by atoms with Crippen LogP contribution in [0.25, 0.3) is 0 Å². The van der Waals surface area contributed by atoms with Gasteiger partial charge in [-0.25, -0.2) is 17.9 Å². The first-order valence-electron chi connectivity index (χ1n) is 8.58. The minimum Gasteiger partial charge on any atom is -0.496 e. The van der Waals surface area contributed by atoms with Crippen molar-refractivity contribution in [3.05, 3.63) is 35.9 Å². The zero-order chi connectivity index (χ0) is 23.3. The number of amides is 3. The molecule has 31 heavy (non-hydrogen) atoms. The number of nitrogens with zero attached hydrogens (tertiary/aromatic N) is 2. The molecule has 0 radical (unpaired) electrons. The van der Waals surface area contributed by atoms with Crippen LogP contribution in [0.4, 0.5) is 16.3 Å². The molecule has 0 atom stereocenters. The van der Waals surface area contributed by atoms with Crippen LogP contribution < -0.4 is 25.2 Å². The third-order valence-corrected chi connectivity index (χ3v) is 5.28. The van der Waals surface area contributed by atoms with Gasteiger partial charge in [0.15, 0.2) is 0 Å². The highest BCUT2D eigenvalue weighted by Crippen LogP contribution is 2.24. The maximum absolute atomic E-state index is 12.7. The molecule has 0 aliphatic heterocycles. The number of nitrogens with one attached hydrogen (secondary N) is 2. The van der Waals surface area contributed by atoms with Crippen LogP contribution in [0.5, 0.6) is 11.6 Å². The largest absolute Gasteiger partial charge is 0.496 e. The zero-order valence-electron chi connectivity index (χ0n) is 17.1. The van der Waals surface area contributed by atoms with Crippen LogP contribution in [0.3, 0.4) is 0 Å². The molecule has 1 heterocycles. The molecule has 0 fully saturated rings. The number of benzene rings is 1. The molecule has 12 nitrogen and oxygen atoms in total. The van der Waals surface area contributed by atoms with Gasteiger partial charge in [-0.3, -0.25) is 14.9 Å². The number of aromatic nitrogens is 1. The number of nitrogens with two attached hydrogens (primary N) is 1. The number of anilines is 2. The Balaban J connectivity index is 2.29. The monoisotopic (exact) mass is 451 g/mol. The minimum absolute atomic E-state index is 0.0441. The maximum Gasteiger partial charge on any atom is 0.334 e. The van der Waals surface area contributed by atoms with Crippen LogP contribution in [-0.4, -0.2) is 64.3 Å². The Hall–Kier alpha value is -3.87. The number of carbonyl (C=O) groups is 3. The van der Waals surface area contributed by atoms with Crippen molar-refractivity contribution in [1.29, 1.82) is 0 Å². The number of hydrogen-bond donors (Lipinski definition) is 3. The average molecular weight is 451 g/mol. The quantitative estimate of drug-likeness (QED) is 0.307. The van der Waals surface area contributed by atoms with Gasteiger partial charge in [-0.05, 0) is 12.1 Å². The molecule has 0 saturated carbocycles. The molecule has 0 bridgehead atoms. The predicted molar refractivity (Wildman–Crippen MR) is 111 cm³/mol. The second-order valence-electron chi connectivity index (χ2n) is 6.24. The van der Waals surface area contributed by atoms with Crippen molar-refractivity contribution in [2.45, 2.75) is 4.90 Å². The molecule has 4 N–H and O–H groups in total. The first-order chi connectivity index (χ1) is 14.5. The molecule has 0 unspecified atom stereocenters. The molecule has 0 saturated heterocycles. The van der Waals surface area contributed by atoms with Crippen molar-refractivity contribution >= 4 is 39.3 Å². The van der Waals surface area contributed by atoms with Crippen LogP contribution in [0.15, 0.2) is 35.2 Å². The van der Waals surface area contributed by atoms with Gasteiger partial charge < -0.3 is 20.1 Å². The summed E-state index contributed by atoms with van der Waals surface area (Å²) in [4.78, 5) is 40.9. The van der Waals surface area contributed by atoms with E-state index in [-0.39, 0.29) is 17.3 Å². The normalized spacial score (nSPS) is 10.7. The van der Waals surface area contributed by atoms with Crippen LogP contribution >= 0.6 is 0 Å². The molecule has 0 aliphatic carbocycles. The van der Waals surface area contributed by atoms with E-state index in [0.29, 0.717) is 5.75 Å². The van der Waals surface area contributed by atoms with E-state index in [9.17, 15) is 22.8 Å². The van der Waals surface area contributed by atoms with Crippen molar-refractivity contribution in [3.63, 3.8) is 0 Å². The molecular formula is C18H21N5O7S. The minimum atomic E-state index is -4.50. The van der Waals surface area contributed by atoms with Gasteiger partial charge in [-0.15, -0.1) is 0 Å². The summed E-state index contributed by atoms with van der Waals surface area (Å²) in [5.41, 5.74) is 5.05. The van der Waals surface area contributed by atoms with Crippen LogP contribution in [0, 0.1) is 0 Å². The van der Waals surface area contributed by atoms with Gasteiger partial charge in [0, 0.05) is 26.2 Å². The summed E-state index contributed by atoms with van der Waals surface area (Å²) < 4.78 is 37.1. The number of rotatable bonds is 7. The number of ketones is 1. The van der Waals surface area contributed by atoms with E-state index in [0.717, 1.165) is 11.0 Å². The van der Waals surface area contributed by atoms with E-state index in [1.54, 1.807) is 4.72 Å². The third kappa shape index (κ3) is 5.39. The second kappa shape index (κ2) is 9.30. The summed E-state index contributed by atoms with van der Waals surface area (Å²) in [6.45, 7) is 0. The fraction of sp³-hybridized carbons (Fsp3) is 0.222. The number of likely N-dealkylation sites (N-methyl/N-ethyl adjacent to an activating group) is 1. The molecule has 0 spiro atoms. The summed E-state index contributed by atoms with van der Waals surface area (Å²) >= 11 is 0. The Labute approximate surface area is 178 Å². The van der Waals surface area contributed by atoms with Gasteiger partial charge in [0.1, 0.15) is 16.5 Å². The van der Waals surface area contributed by atoms with E-state index in [1.165, 1.54) is 52.6 Å². The average Bonchev–Trinajstić information content (AvgIpc) is 2.71. The number of hydrogen-bond acceptors (Lipinski definition) is 9. The number of nitrogen functional groups attached to an aromatic ring is 1. The summed E-state index contributed by atoms with van der Waals surface area (Å²) in [5, 5.41) is 2.24. The lowest BCUT2D eigenvalue weighted by Crippen LogP contribution is -2.35. The number of methoxy groups -OCH3 is 2. The SMILES string of the molecule is COc1cc(NC(=O)NS(=O)(=O)c2cccc(C(=O)C(=O)N(C)C)c2N)nc(OC)c1. The van der Waals surface area contributed by atoms with Crippen molar-refractivity contribution < 1.29 is 32.3 Å². The lowest BCUT2D eigenvalue weighted by atomic mass is 10.1. The molecule has 1 aromatic heterocycles. The topological polar surface area (TPSA) is 170 Å². The fourth-order valence-corrected chi connectivity index (χ4v) is 3.44. The van der Waals surface area contributed by atoms with E-state index >= 15 is 0 Å². The highest BCUT2D eigenvalue weighted by atomic mass is 32.2. The van der Waals surface area contributed by atoms with E-state index in [1.807, 2.05) is 0 Å². The molecular weight excluding hydrogens is 430 g/mol. The smallest absolute Gasteiger partial charge is 0.334 e. The van der Waals surface area contributed by atoms with Gasteiger partial charge in [-0.2, -0.15) is 4.98 Å². The second-order valence-corrected chi connectivity index (χ2v) is 7.89. The van der Waals surface area contributed by atoms with E-state index in [2.05, 4.69) is 10.3 Å². The molecule has 166 valence electrons. The van der Waals surface area contributed by atoms with Gasteiger partial charge >= 0.3 is 6.03 Å². The highest BCUT2D eigenvalue weighted by Gasteiger charge is 2.27. The van der Waals surface area contributed by atoms with Gasteiger partial charge in [-0.1, -0.05) is 6.07 Å². The van der Waals surface area contributed by atoms with Crippen molar-refractivity contribution in [3.8, 4) is 11.6 Å². The molecule has 1 aromatic carbocycles. The Kier molecular flexibility index (Phi) is 7.02. The molecule has 3 amide bonds. The molecule has 13 heteroatoms. The lowest BCUT2D eigenvalue weighted by molar-refractivity contribution is -0.124. The number of sulfonamides is 1. The molecule has 2 aromatic rings. The summed E-state index contributed by atoms with van der Waals surface area (Å²) in [7, 11) is 0.979. The first-order valence-corrected chi connectivity index (χ1v) is 10.1. The van der Waals surface area contributed by atoms with Gasteiger partial charge in [0.05, 0.1) is 25.5 Å². The zero-order valence-corrected chi connectivity index (χ0v) is 17.9. The maximum atomic E-state index is 12.7. The summed E-state index contributed by atoms with van der Waals surface area (Å²) in [6.07, 6.45) is 0. The van der Waals surface area contributed by atoms with Crippen molar-refractivity contribution in [2.24, 2.45) is 0 Å². The number of urea groups is 1. The highest BCUT2D eigenvalue weighted by molar-refractivity contribution is 7.90. The Morgan fingerprint density at radius 3 is 2.35 bits per heavy atom. The van der Waals surface area contributed by atoms with E-state index in [4.69, 9.17) is 15.2 Å². The molecule has 0 aliphatic rings. The van der Waals surface area contributed by atoms with Gasteiger partial charge in [0.2, 0.25) is 5.88 Å². The molecule has 2 rings (SSSR count). The number of carbonyl (C=O) groups excluding carboxylic acids is 3. The Morgan fingerprint density at radius 2 is 1.77 bits per heavy atom. The number of pyridine rings is 1. The number of Topliss-reactive ketones (excluding diaryl/α,β-unsaturated/α-hetero) is 1. The van der Waals surface area contributed by atoms with Crippen LogP contribution in [0.1, 0.15) is 10.4 Å². The summed E-state index contributed by atoms with van der Waals surface area (Å²) in [5.74, 6) is -1.48.